The third-order valence-corrected chi connectivity index (χ3v) is 5.98. The molecule has 0 radical (unpaired) electrons. The lowest BCUT2D eigenvalue weighted by Gasteiger charge is -2.35. The van der Waals surface area contributed by atoms with Gasteiger partial charge in [-0.25, -0.2) is 0 Å². The highest BCUT2D eigenvalue weighted by Crippen LogP contribution is 2.49. The lowest BCUT2D eigenvalue weighted by atomic mass is 9.93. The molecule has 1 saturated carbocycles. The second-order valence-electron chi connectivity index (χ2n) is 7.55. The van der Waals surface area contributed by atoms with E-state index in [9.17, 15) is 4.79 Å². The average molecular weight is 343 g/mol. The van der Waals surface area contributed by atoms with Crippen molar-refractivity contribution in [3.8, 4) is 0 Å². The lowest BCUT2D eigenvalue weighted by molar-refractivity contribution is -0.136. The van der Waals surface area contributed by atoms with Crippen LogP contribution < -0.4 is 5.32 Å². The number of rotatable bonds is 6. The molecule has 1 unspecified atom stereocenters. The van der Waals surface area contributed by atoms with Crippen LogP contribution in [0.5, 0.6) is 0 Å². The van der Waals surface area contributed by atoms with Gasteiger partial charge in [-0.3, -0.25) is 9.69 Å². The van der Waals surface area contributed by atoms with E-state index in [2.05, 4.69) is 39.4 Å². The smallest absolute Gasteiger partial charge is 0.233 e. The Balaban J connectivity index is 1.48. The van der Waals surface area contributed by atoms with Gasteiger partial charge in [0.25, 0.3) is 0 Å². The largest absolute Gasteiger partial charge is 0.379 e. The Labute approximate surface area is 150 Å². The fraction of sp³-hybridized carbons (Fsp3) is 0.650. The van der Waals surface area contributed by atoms with Crippen molar-refractivity contribution < 1.29 is 9.53 Å². The number of carbonyl (C=O) groups excluding carboxylic acids is 1. The summed E-state index contributed by atoms with van der Waals surface area (Å²) >= 11 is 0. The predicted octanol–water partition coefficient (Wildman–Crippen LogP) is 1.24. The molecule has 0 spiro atoms. The van der Waals surface area contributed by atoms with Crippen LogP contribution in [-0.2, 0) is 14.9 Å². The summed E-state index contributed by atoms with van der Waals surface area (Å²) in [4.78, 5) is 18.2. The van der Waals surface area contributed by atoms with Crippen molar-refractivity contribution in [2.45, 2.75) is 30.7 Å². The third-order valence-electron chi connectivity index (χ3n) is 5.98. The van der Waals surface area contributed by atoms with Gasteiger partial charge in [0.05, 0.1) is 18.6 Å². The minimum absolute atomic E-state index is 0.255. The SMILES string of the molecule is O=C(N(CCN1CCOCC1)C1CCNC1)C1(c2ccccc2)CC1. The molecule has 3 aliphatic rings. The summed E-state index contributed by atoms with van der Waals surface area (Å²) in [6.45, 7) is 7.32. The molecule has 1 aromatic rings. The molecule has 2 aliphatic heterocycles. The van der Waals surface area contributed by atoms with Crippen LogP contribution in [0.2, 0.25) is 0 Å². The average Bonchev–Trinajstić information content (AvgIpc) is 3.32. The molecule has 1 atom stereocenters. The van der Waals surface area contributed by atoms with Crippen LogP contribution in [0.3, 0.4) is 0 Å². The first kappa shape index (κ1) is 17.0. The fourth-order valence-corrected chi connectivity index (χ4v) is 4.21. The molecule has 0 aromatic heterocycles. The number of hydrogen-bond donors (Lipinski definition) is 1. The molecule has 1 aliphatic carbocycles. The van der Waals surface area contributed by atoms with E-state index in [1.165, 1.54) is 5.56 Å². The standard InChI is InChI=1S/C20H29N3O2/c24-19(20(7-8-20)17-4-2-1-3-5-17)23(18-6-9-21-16-18)11-10-22-12-14-25-15-13-22/h1-5,18,21H,6-16H2. The van der Waals surface area contributed by atoms with E-state index < -0.39 is 0 Å². The number of hydrogen-bond acceptors (Lipinski definition) is 4. The summed E-state index contributed by atoms with van der Waals surface area (Å²) in [6.07, 6.45) is 3.05. The molecule has 25 heavy (non-hydrogen) atoms. The maximum Gasteiger partial charge on any atom is 0.233 e. The first-order valence-electron chi connectivity index (χ1n) is 9.67. The minimum atomic E-state index is -0.255. The number of morpholine rings is 1. The zero-order valence-electron chi connectivity index (χ0n) is 15.0. The van der Waals surface area contributed by atoms with Gasteiger partial charge in [0, 0.05) is 38.8 Å². The van der Waals surface area contributed by atoms with Crippen molar-refractivity contribution in [2.75, 3.05) is 52.5 Å². The van der Waals surface area contributed by atoms with Crippen LogP contribution in [0.25, 0.3) is 0 Å². The Morgan fingerprint density at radius 2 is 2.00 bits per heavy atom. The van der Waals surface area contributed by atoms with Gasteiger partial charge in [-0.15, -0.1) is 0 Å². The Morgan fingerprint density at radius 1 is 1.24 bits per heavy atom. The first-order chi connectivity index (χ1) is 12.3. The first-order valence-corrected chi connectivity index (χ1v) is 9.67. The maximum atomic E-state index is 13.5. The summed E-state index contributed by atoms with van der Waals surface area (Å²) < 4.78 is 5.44. The molecule has 5 heteroatoms. The number of benzene rings is 1. The van der Waals surface area contributed by atoms with Crippen molar-refractivity contribution in [1.29, 1.82) is 0 Å². The van der Waals surface area contributed by atoms with Crippen LogP contribution in [0.15, 0.2) is 30.3 Å². The topological polar surface area (TPSA) is 44.8 Å². The summed E-state index contributed by atoms with van der Waals surface area (Å²) in [5.41, 5.74) is 0.942. The molecule has 4 rings (SSSR count). The van der Waals surface area contributed by atoms with Crippen molar-refractivity contribution in [3.05, 3.63) is 35.9 Å². The van der Waals surface area contributed by atoms with E-state index in [4.69, 9.17) is 4.74 Å². The molecule has 3 fully saturated rings. The van der Waals surface area contributed by atoms with Gasteiger partial charge >= 0.3 is 0 Å². The van der Waals surface area contributed by atoms with Crippen LogP contribution in [0.1, 0.15) is 24.8 Å². The van der Waals surface area contributed by atoms with Gasteiger partial charge in [0.2, 0.25) is 5.91 Å². The molecule has 2 heterocycles. The van der Waals surface area contributed by atoms with Crippen LogP contribution in [0.4, 0.5) is 0 Å². The Hall–Kier alpha value is -1.43. The van der Waals surface area contributed by atoms with Gasteiger partial charge < -0.3 is 15.0 Å². The molecule has 136 valence electrons. The monoisotopic (exact) mass is 343 g/mol. The number of nitrogens with zero attached hydrogens (tertiary/aromatic N) is 2. The highest BCUT2D eigenvalue weighted by molar-refractivity contribution is 5.91. The fourth-order valence-electron chi connectivity index (χ4n) is 4.21. The van der Waals surface area contributed by atoms with Gasteiger partial charge in [0.15, 0.2) is 0 Å². The summed E-state index contributed by atoms with van der Waals surface area (Å²) in [5, 5.41) is 3.43. The van der Waals surface area contributed by atoms with Crippen molar-refractivity contribution >= 4 is 5.91 Å². The van der Waals surface area contributed by atoms with E-state index in [-0.39, 0.29) is 5.41 Å². The third kappa shape index (κ3) is 3.59. The molecule has 1 aromatic carbocycles. The van der Waals surface area contributed by atoms with E-state index in [1.807, 2.05) is 6.07 Å². The molecule has 0 bridgehead atoms. The van der Waals surface area contributed by atoms with E-state index in [1.54, 1.807) is 0 Å². The second-order valence-corrected chi connectivity index (χ2v) is 7.55. The van der Waals surface area contributed by atoms with E-state index in [0.717, 1.165) is 71.7 Å². The highest BCUT2D eigenvalue weighted by Gasteiger charge is 2.53. The summed E-state index contributed by atoms with van der Waals surface area (Å²) in [6, 6.07) is 10.7. The van der Waals surface area contributed by atoms with Crippen LogP contribution in [-0.4, -0.2) is 74.2 Å². The quantitative estimate of drug-likeness (QED) is 0.844. The van der Waals surface area contributed by atoms with Gasteiger partial charge in [0.1, 0.15) is 0 Å². The Bertz CT molecular complexity index is 576. The van der Waals surface area contributed by atoms with Gasteiger partial charge in [-0.1, -0.05) is 30.3 Å². The molecule has 2 saturated heterocycles. The van der Waals surface area contributed by atoms with Gasteiger partial charge in [-0.05, 0) is 31.4 Å². The minimum Gasteiger partial charge on any atom is -0.379 e. The van der Waals surface area contributed by atoms with E-state index in [0.29, 0.717) is 11.9 Å². The van der Waals surface area contributed by atoms with Crippen molar-refractivity contribution in [2.24, 2.45) is 0 Å². The highest BCUT2D eigenvalue weighted by atomic mass is 16.5. The van der Waals surface area contributed by atoms with Crippen LogP contribution in [0, 0.1) is 0 Å². The molecular formula is C20H29N3O2. The van der Waals surface area contributed by atoms with E-state index >= 15 is 0 Å². The molecule has 1 N–H and O–H groups in total. The Morgan fingerprint density at radius 3 is 2.64 bits per heavy atom. The number of nitrogens with one attached hydrogen (secondary N) is 1. The number of carbonyl (C=O) groups is 1. The zero-order valence-corrected chi connectivity index (χ0v) is 15.0. The summed E-state index contributed by atoms with van der Waals surface area (Å²) in [5.74, 6) is 0.348. The van der Waals surface area contributed by atoms with Crippen molar-refractivity contribution in [3.63, 3.8) is 0 Å². The molecule has 5 nitrogen and oxygen atoms in total. The van der Waals surface area contributed by atoms with Gasteiger partial charge in [-0.2, -0.15) is 0 Å². The molecular weight excluding hydrogens is 314 g/mol. The molecule has 1 amide bonds. The normalized spacial score (nSPS) is 25.7. The number of ether oxygens (including phenoxy) is 1. The number of amides is 1. The Kier molecular flexibility index (Phi) is 5.06. The zero-order chi connectivity index (χ0) is 17.1. The maximum absolute atomic E-state index is 13.5. The lowest BCUT2D eigenvalue weighted by Crippen LogP contribution is -2.50. The second kappa shape index (κ2) is 7.44. The van der Waals surface area contributed by atoms with Crippen molar-refractivity contribution in [1.82, 2.24) is 15.1 Å². The predicted molar refractivity (Wildman–Crippen MR) is 97.6 cm³/mol. The van der Waals surface area contributed by atoms with Crippen LogP contribution >= 0.6 is 0 Å². The summed E-state index contributed by atoms with van der Waals surface area (Å²) in [7, 11) is 0.